The number of hydrogen-bond donors (Lipinski definition) is 1. The average molecular weight is 268 g/mol. The van der Waals surface area contributed by atoms with Crippen molar-refractivity contribution >= 4 is 17.3 Å². The topological polar surface area (TPSA) is 12.0 Å². The molecule has 1 nitrogen and oxygen atoms in total. The molecule has 2 rings (SSSR count). The highest BCUT2D eigenvalue weighted by atomic mass is 35.5. The van der Waals surface area contributed by atoms with E-state index in [9.17, 15) is 8.78 Å². The van der Waals surface area contributed by atoms with E-state index in [0.717, 1.165) is 0 Å². The number of hydrogen-bond acceptors (Lipinski definition) is 1. The molecule has 0 atom stereocenters. The maximum absolute atomic E-state index is 13.8. The Balaban J connectivity index is 2.03. The van der Waals surface area contributed by atoms with Crippen molar-refractivity contribution in [3.05, 3.63) is 65.2 Å². The first-order valence-electron chi connectivity index (χ1n) is 5.51. The second-order valence-corrected chi connectivity index (χ2v) is 4.37. The zero-order chi connectivity index (χ0) is 13.0. The van der Waals surface area contributed by atoms with Gasteiger partial charge < -0.3 is 5.32 Å². The van der Waals surface area contributed by atoms with E-state index in [1.165, 1.54) is 12.1 Å². The van der Waals surface area contributed by atoms with Gasteiger partial charge in [0.25, 0.3) is 5.92 Å². The van der Waals surface area contributed by atoms with Gasteiger partial charge in [0.05, 0.1) is 6.54 Å². The van der Waals surface area contributed by atoms with Gasteiger partial charge in [0.15, 0.2) is 0 Å². The van der Waals surface area contributed by atoms with Gasteiger partial charge in [0.1, 0.15) is 0 Å². The lowest BCUT2D eigenvalue weighted by molar-refractivity contribution is 0.0106. The van der Waals surface area contributed by atoms with Crippen molar-refractivity contribution in [2.45, 2.75) is 5.92 Å². The van der Waals surface area contributed by atoms with Gasteiger partial charge in [-0.2, -0.15) is 8.78 Å². The summed E-state index contributed by atoms with van der Waals surface area (Å²) in [6, 6.07) is 14.4. The van der Waals surface area contributed by atoms with Crippen LogP contribution in [0, 0.1) is 0 Å². The highest BCUT2D eigenvalue weighted by molar-refractivity contribution is 6.30. The molecule has 0 heterocycles. The van der Waals surface area contributed by atoms with E-state index in [1.807, 2.05) is 0 Å². The maximum Gasteiger partial charge on any atom is 0.290 e. The lowest BCUT2D eigenvalue weighted by Crippen LogP contribution is -2.24. The van der Waals surface area contributed by atoms with Crippen molar-refractivity contribution in [3.63, 3.8) is 0 Å². The Morgan fingerprint density at radius 3 is 2.17 bits per heavy atom. The van der Waals surface area contributed by atoms with Gasteiger partial charge in [0.2, 0.25) is 0 Å². The quantitative estimate of drug-likeness (QED) is 0.857. The number of halogens is 3. The van der Waals surface area contributed by atoms with Crippen LogP contribution in [0.1, 0.15) is 5.56 Å². The molecule has 0 unspecified atom stereocenters. The van der Waals surface area contributed by atoms with Crippen molar-refractivity contribution in [1.82, 2.24) is 0 Å². The third kappa shape index (κ3) is 3.20. The first-order valence-corrected chi connectivity index (χ1v) is 5.88. The number of rotatable bonds is 4. The molecule has 2 aromatic rings. The Kier molecular flexibility index (Phi) is 3.82. The van der Waals surface area contributed by atoms with Crippen molar-refractivity contribution in [3.8, 4) is 0 Å². The van der Waals surface area contributed by atoms with E-state index in [4.69, 9.17) is 11.6 Å². The fourth-order valence-corrected chi connectivity index (χ4v) is 1.69. The van der Waals surface area contributed by atoms with E-state index in [1.54, 1.807) is 42.5 Å². The van der Waals surface area contributed by atoms with Crippen molar-refractivity contribution < 1.29 is 8.78 Å². The summed E-state index contributed by atoms with van der Waals surface area (Å²) >= 11 is 5.72. The number of anilines is 1. The first-order chi connectivity index (χ1) is 8.58. The van der Waals surface area contributed by atoms with Crippen LogP contribution in [0.15, 0.2) is 54.6 Å². The SMILES string of the molecule is FC(F)(CNc1ccc(Cl)cc1)c1ccccc1. The summed E-state index contributed by atoms with van der Waals surface area (Å²) in [5.74, 6) is -2.90. The van der Waals surface area contributed by atoms with Crippen LogP contribution in [-0.4, -0.2) is 6.54 Å². The van der Waals surface area contributed by atoms with Crippen LogP contribution in [-0.2, 0) is 5.92 Å². The summed E-state index contributed by atoms with van der Waals surface area (Å²) in [6.07, 6.45) is 0. The van der Waals surface area contributed by atoms with Crippen LogP contribution >= 0.6 is 11.6 Å². The van der Waals surface area contributed by atoms with Crippen molar-refractivity contribution in [2.24, 2.45) is 0 Å². The lowest BCUT2D eigenvalue weighted by atomic mass is 10.1. The third-order valence-corrected chi connectivity index (χ3v) is 2.81. The predicted octanol–water partition coefficient (Wildman–Crippen LogP) is 4.54. The minimum absolute atomic E-state index is 0.00598. The van der Waals surface area contributed by atoms with Crippen LogP contribution in [0.3, 0.4) is 0 Å². The smallest absolute Gasteiger partial charge is 0.290 e. The van der Waals surface area contributed by atoms with E-state index in [0.29, 0.717) is 10.7 Å². The molecule has 0 bridgehead atoms. The molecular weight excluding hydrogens is 256 g/mol. The summed E-state index contributed by atoms with van der Waals surface area (Å²) in [5, 5.41) is 3.28. The van der Waals surface area contributed by atoms with Crippen LogP contribution in [0.25, 0.3) is 0 Å². The third-order valence-electron chi connectivity index (χ3n) is 2.55. The largest absolute Gasteiger partial charge is 0.379 e. The minimum atomic E-state index is -2.90. The van der Waals surface area contributed by atoms with Crippen LogP contribution < -0.4 is 5.32 Å². The zero-order valence-corrected chi connectivity index (χ0v) is 10.3. The van der Waals surface area contributed by atoms with E-state index < -0.39 is 12.5 Å². The number of nitrogens with one attached hydrogen (secondary N) is 1. The highest BCUT2D eigenvalue weighted by Crippen LogP contribution is 2.28. The first kappa shape index (κ1) is 12.8. The molecule has 18 heavy (non-hydrogen) atoms. The fraction of sp³-hybridized carbons (Fsp3) is 0.143. The zero-order valence-electron chi connectivity index (χ0n) is 9.54. The minimum Gasteiger partial charge on any atom is -0.379 e. The van der Waals surface area contributed by atoms with Gasteiger partial charge in [-0.3, -0.25) is 0 Å². The normalized spacial score (nSPS) is 11.3. The lowest BCUT2D eigenvalue weighted by Gasteiger charge is -2.18. The van der Waals surface area contributed by atoms with Crippen molar-refractivity contribution in [1.29, 1.82) is 0 Å². The summed E-state index contributed by atoms with van der Waals surface area (Å²) in [4.78, 5) is 0. The Hall–Kier alpha value is -1.61. The summed E-state index contributed by atoms with van der Waals surface area (Å²) in [5.41, 5.74) is 0.626. The molecule has 0 saturated carbocycles. The van der Waals surface area contributed by atoms with Gasteiger partial charge in [-0.25, -0.2) is 0 Å². The number of benzene rings is 2. The van der Waals surface area contributed by atoms with Gasteiger partial charge in [-0.15, -0.1) is 0 Å². The molecule has 0 spiro atoms. The number of alkyl halides is 2. The molecule has 0 aliphatic carbocycles. The summed E-state index contributed by atoms with van der Waals surface area (Å²) in [7, 11) is 0. The molecule has 0 radical (unpaired) electrons. The molecule has 0 aromatic heterocycles. The van der Waals surface area contributed by atoms with E-state index in [2.05, 4.69) is 5.32 Å². The Morgan fingerprint density at radius 2 is 1.56 bits per heavy atom. The van der Waals surface area contributed by atoms with Gasteiger partial charge in [-0.05, 0) is 24.3 Å². The molecule has 0 amide bonds. The predicted molar refractivity (Wildman–Crippen MR) is 70.3 cm³/mol. The second kappa shape index (κ2) is 5.36. The molecule has 2 aromatic carbocycles. The molecular formula is C14H12ClF2N. The van der Waals surface area contributed by atoms with Gasteiger partial charge in [-0.1, -0.05) is 41.9 Å². The standard InChI is InChI=1S/C14H12ClF2N/c15-12-6-8-13(9-7-12)18-10-14(16,17)11-4-2-1-3-5-11/h1-9,18H,10H2. The molecule has 0 fully saturated rings. The van der Waals surface area contributed by atoms with Crippen LogP contribution in [0.4, 0.5) is 14.5 Å². The second-order valence-electron chi connectivity index (χ2n) is 3.93. The average Bonchev–Trinajstić information content (AvgIpc) is 2.39. The Labute approximate surface area is 109 Å². The molecule has 0 saturated heterocycles. The fourth-order valence-electron chi connectivity index (χ4n) is 1.56. The molecule has 94 valence electrons. The van der Waals surface area contributed by atoms with Crippen LogP contribution in [0.5, 0.6) is 0 Å². The molecule has 1 N–H and O–H groups in total. The van der Waals surface area contributed by atoms with E-state index >= 15 is 0 Å². The Bertz CT molecular complexity index is 497. The molecule has 4 heteroatoms. The summed E-state index contributed by atoms with van der Waals surface area (Å²) < 4.78 is 27.7. The van der Waals surface area contributed by atoms with Gasteiger partial charge in [0, 0.05) is 16.3 Å². The highest BCUT2D eigenvalue weighted by Gasteiger charge is 2.30. The summed E-state index contributed by atoms with van der Waals surface area (Å²) in [6.45, 7) is -0.446. The van der Waals surface area contributed by atoms with E-state index in [-0.39, 0.29) is 5.56 Å². The monoisotopic (exact) mass is 267 g/mol. The van der Waals surface area contributed by atoms with Crippen LogP contribution in [0.2, 0.25) is 5.02 Å². The maximum atomic E-state index is 13.8. The Morgan fingerprint density at radius 1 is 0.944 bits per heavy atom. The van der Waals surface area contributed by atoms with Crippen molar-refractivity contribution in [2.75, 3.05) is 11.9 Å². The molecule has 0 aliphatic rings. The van der Waals surface area contributed by atoms with Gasteiger partial charge >= 0.3 is 0 Å². The molecule has 0 aliphatic heterocycles.